The zero-order chi connectivity index (χ0) is 20.2. The van der Waals surface area contributed by atoms with Gasteiger partial charge in [0.1, 0.15) is 11.9 Å². The number of likely N-dealkylation sites (tertiary alicyclic amines) is 1. The van der Waals surface area contributed by atoms with E-state index in [1.165, 1.54) is 69.3 Å². The summed E-state index contributed by atoms with van der Waals surface area (Å²) in [4.78, 5) is 2.93. The third-order valence-electron chi connectivity index (χ3n) is 9.98. The minimum absolute atomic E-state index is 0.135. The van der Waals surface area contributed by atoms with Gasteiger partial charge in [0.2, 0.25) is 0 Å². The monoisotopic (exact) mass is 393 g/mol. The molecule has 3 aliphatic carbocycles. The Labute approximate surface area is 177 Å². The summed E-state index contributed by atoms with van der Waals surface area (Å²) in [6.07, 6.45) is 10.0. The van der Waals surface area contributed by atoms with E-state index in [0.29, 0.717) is 23.5 Å². The van der Waals surface area contributed by atoms with E-state index >= 15 is 0 Å². The van der Waals surface area contributed by atoms with Crippen LogP contribution in [0.1, 0.15) is 89.8 Å². The van der Waals surface area contributed by atoms with Crippen LogP contribution in [0, 0.1) is 17.3 Å². The largest absolute Gasteiger partial charge is 0.489 e. The molecule has 5 aliphatic rings. The third-order valence-corrected chi connectivity index (χ3v) is 9.98. The predicted octanol–water partition coefficient (Wildman–Crippen LogP) is 5.85. The Hall–Kier alpha value is -1.02. The molecule has 2 saturated carbocycles. The zero-order valence-electron chi connectivity index (χ0n) is 19.2. The van der Waals surface area contributed by atoms with Gasteiger partial charge in [-0.2, -0.15) is 0 Å². The highest BCUT2D eigenvalue weighted by Gasteiger charge is 2.70. The summed E-state index contributed by atoms with van der Waals surface area (Å²) in [6.45, 7) is 14.8. The first-order valence-electron chi connectivity index (χ1n) is 12.3. The van der Waals surface area contributed by atoms with Crippen molar-refractivity contribution >= 4 is 0 Å². The normalized spacial score (nSPS) is 40.9. The van der Waals surface area contributed by atoms with Gasteiger partial charge in [-0.15, -0.1) is 0 Å². The van der Waals surface area contributed by atoms with E-state index in [0.717, 1.165) is 5.92 Å². The molecular weight excluding hydrogens is 354 g/mol. The SMILES string of the molecule is CC1CCC2(C)C3Cc4ccc(C(C)(C)C)c5c4C2(CCN3CC2CCC2)C1O5. The molecule has 2 heteroatoms. The van der Waals surface area contributed by atoms with Crippen LogP contribution in [-0.4, -0.2) is 30.1 Å². The first-order valence-corrected chi connectivity index (χ1v) is 12.3. The molecule has 1 spiro atoms. The zero-order valence-corrected chi connectivity index (χ0v) is 19.2. The Balaban J connectivity index is 1.53. The highest BCUT2D eigenvalue weighted by atomic mass is 16.5. The molecule has 0 radical (unpaired) electrons. The van der Waals surface area contributed by atoms with Gasteiger partial charge < -0.3 is 4.74 Å². The molecule has 1 saturated heterocycles. The molecule has 2 nitrogen and oxygen atoms in total. The first-order chi connectivity index (χ1) is 13.8. The average Bonchev–Trinajstić information content (AvgIpc) is 2.96. The maximum atomic E-state index is 7.04. The summed E-state index contributed by atoms with van der Waals surface area (Å²) in [6, 6.07) is 5.60. The van der Waals surface area contributed by atoms with Gasteiger partial charge in [-0.1, -0.05) is 53.2 Å². The lowest BCUT2D eigenvalue weighted by Gasteiger charge is -2.66. The fourth-order valence-electron chi connectivity index (χ4n) is 8.16. The molecule has 5 atom stereocenters. The van der Waals surface area contributed by atoms with Crippen LogP contribution in [0.5, 0.6) is 5.75 Å². The second-order valence-corrected chi connectivity index (χ2v) is 12.4. The Morgan fingerprint density at radius 3 is 2.62 bits per heavy atom. The van der Waals surface area contributed by atoms with E-state index in [4.69, 9.17) is 4.74 Å². The van der Waals surface area contributed by atoms with Crippen molar-refractivity contribution in [1.29, 1.82) is 0 Å². The van der Waals surface area contributed by atoms with Gasteiger partial charge in [-0.25, -0.2) is 0 Å². The molecule has 1 aromatic carbocycles. The fraction of sp³-hybridized carbons (Fsp3) is 0.778. The summed E-state index contributed by atoms with van der Waals surface area (Å²) in [5.41, 5.74) is 5.45. The third kappa shape index (κ3) is 2.23. The molecule has 2 bridgehead atoms. The molecule has 2 aliphatic heterocycles. The van der Waals surface area contributed by atoms with Gasteiger partial charge in [-0.05, 0) is 78.9 Å². The van der Waals surface area contributed by atoms with Crippen molar-refractivity contribution in [2.75, 3.05) is 13.1 Å². The number of ether oxygens (including phenoxy) is 1. The second kappa shape index (κ2) is 5.81. The molecule has 5 unspecified atom stereocenters. The minimum atomic E-state index is 0.135. The van der Waals surface area contributed by atoms with Crippen molar-refractivity contribution in [2.45, 2.75) is 103 Å². The quantitative estimate of drug-likeness (QED) is 0.625. The minimum Gasteiger partial charge on any atom is -0.489 e. The second-order valence-electron chi connectivity index (χ2n) is 12.4. The molecule has 1 aromatic rings. The summed E-state index contributed by atoms with van der Waals surface area (Å²) < 4.78 is 7.04. The Bertz CT molecular complexity index is 849. The molecule has 158 valence electrons. The summed E-state index contributed by atoms with van der Waals surface area (Å²) >= 11 is 0. The lowest BCUT2D eigenvalue weighted by molar-refractivity contribution is -0.135. The smallest absolute Gasteiger partial charge is 0.127 e. The highest BCUT2D eigenvalue weighted by molar-refractivity contribution is 5.61. The standard InChI is InChI=1S/C27H39NO/c1-17-11-12-26(5)21-15-19-9-10-20(25(2,3)4)23-22(19)27(26,24(17)29-23)13-14-28(21)16-18-7-6-8-18/h9-10,17-18,21,24H,6-8,11-16H2,1-5H3. The van der Waals surface area contributed by atoms with Crippen LogP contribution in [0.25, 0.3) is 0 Å². The van der Waals surface area contributed by atoms with E-state index in [1.54, 1.807) is 11.1 Å². The Kier molecular flexibility index (Phi) is 3.75. The number of rotatable bonds is 2. The molecule has 2 heterocycles. The molecule has 0 N–H and O–H groups in total. The molecule has 3 fully saturated rings. The topological polar surface area (TPSA) is 12.5 Å². The van der Waals surface area contributed by atoms with Crippen LogP contribution in [-0.2, 0) is 17.3 Å². The maximum absolute atomic E-state index is 7.04. The van der Waals surface area contributed by atoms with Crippen molar-refractivity contribution in [3.8, 4) is 5.75 Å². The molecule has 6 rings (SSSR count). The van der Waals surface area contributed by atoms with Gasteiger partial charge in [-0.3, -0.25) is 4.90 Å². The highest BCUT2D eigenvalue weighted by Crippen LogP contribution is 2.69. The molecule has 0 amide bonds. The van der Waals surface area contributed by atoms with Crippen LogP contribution in [0.3, 0.4) is 0 Å². The molecular formula is C27H39NO. The van der Waals surface area contributed by atoms with E-state index < -0.39 is 0 Å². The Morgan fingerprint density at radius 2 is 1.93 bits per heavy atom. The number of nitrogens with zero attached hydrogens (tertiary/aromatic N) is 1. The van der Waals surface area contributed by atoms with E-state index in [1.807, 2.05) is 0 Å². The van der Waals surface area contributed by atoms with Gasteiger partial charge in [0.15, 0.2) is 0 Å². The lowest BCUT2D eigenvalue weighted by atomic mass is 9.43. The van der Waals surface area contributed by atoms with Crippen LogP contribution in [0.2, 0.25) is 0 Å². The van der Waals surface area contributed by atoms with Gasteiger partial charge in [0.05, 0.1) is 0 Å². The lowest BCUT2D eigenvalue weighted by Crippen LogP contribution is -2.71. The van der Waals surface area contributed by atoms with Crippen LogP contribution in [0.4, 0.5) is 0 Å². The van der Waals surface area contributed by atoms with Crippen molar-refractivity contribution < 1.29 is 4.74 Å². The number of piperidine rings is 1. The number of hydrogen-bond acceptors (Lipinski definition) is 2. The number of benzene rings is 1. The van der Waals surface area contributed by atoms with Gasteiger partial charge in [0.25, 0.3) is 0 Å². The molecule has 29 heavy (non-hydrogen) atoms. The Morgan fingerprint density at radius 1 is 1.14 bits per heavy atom. The van der Waals surface area contributed by atoms with Gasteiger partial charge >= 0.3 is 0 Å². The molecule has 0 aromatic heterocycles. The van der Waals surface area contributed by atoms with Crippen molar-refractivity contribution in [3.05, 3.63) is 28.8 Å². The van der Waals surface area contributed by atoms with Crippen molar-refractivity contribution in [2.24, 2.45) is 17.3 Å². The van der Waals surface area contributed by atoms with Crippen LogP contribution in [0.15, 0.2) is 12.1 Å². The van der Waals surface area contributed by atoms with E-state index in [2.05, 4.69) is 51.7 Å². The fourth-order valence-corrected chi connectivity index (χ4v) is 8.16. The average molecular weight is 394 g/mol. The summed E-state index contributed by atoms with van der Waals surface area (Å²) in [5.74, 6) is 2.92. The number of hydrogen-bond donors (Lipinski definition) is 0. The van der Waals surface area contributed by atoms with E-state index in [-0.39, 0.29) is 10.8 Å². The van der Waals surface area contributed by atoms with Crippen molar-refractivity contribution in [1.82, 2.24) is 4.90 Å². The predicted molar refractivity (Wildman–Crippen MR) is 119 cm³/mol. The van der Waals surface area contributed by atoms with Crippen LogP contribution >= 0.6 is 0 Å². The van der Waals surface area contributed by atoms with Crippen molar-refractivity contribution in [3.63, 3.8) is 0 Å². The summed E-state index contributed by atoms with van der Waals surface area (Å²) in [5, 5.41) is 0. The first kappa shape index (κ1) is 18.7. The van der Waals surface area contributed by atoms with Crippen LogP contribution < -0.4 is 4.74 Å². The van der Waals surface area contributed by atoms with E-state index in [9.17, 15) is 0 Å². The maximum Gasteiger partial charge on any atom is 0.127 e. The van der Waals surface area contributed by atoms with Gasteiger partial charge in [0, 0.05) is 23.6 Å². The summed E-state index contributed by atoms with van der Waals surface area (Å²) in [7, 11) is 0.